The maximum Gasteiger partial charge on any atom is 0.335 e. The lowest BCUT2D eigenvalue weighted by molar-refractivity contribution is -0.165. The number of rotatable bonds is 5. The van der Waals surface area contributed by atoms with Crippen molar-refractivity contribution >= 4 is 17.7 Å². The molecular weight excluding hydrogens is 490 g/mol. The molecule has 37 heavy (non-hydrogen) atoms. The van der Waals surface area contributed by atoms with Crippen molar-refractivity contribution in [3.05, 3.63) is 46.5 Å². The highest BCUT2D eigenvalue weighted by Crippen LogP contribution is 2.38. The molecule has 2 aliphatic heterocycles. The number of carboxylic acids is 2. The van der Waals surface area contributed by atoms with Gasteiger partial charge < -0.3 is 44.3 Å². The van der Waals surface area contributed by atoms with E-state index < -0.39 is 24.1 Å². The summed E-state index contributed by atoms with van der Waals surface area (Å²) in [6.07, 6.45) is -3.47. The summed E-state index contributed by atoms with van der Waals surface area (Å²) in [5.41, 5.74) is 3.65. The van der Waals surface area contributed by atoms with Crippen molar-refractivity contribution in [2.75, 3.05) is 34.6 Å². The highest BCUT2D eigenvalue weighted by atomic mass is 16.7. The van der Waals surface area contributed by atoms with E-state index in [1.807, 2.05) is 24.3 Å². The number of aliphatic hydroxyl groups excluding tert-OH is 2. The minimum absolute atomic E-state index is 0.0707. The normalized spacial score (nSPS) is 16.3. The molecule has 0 radical (unpaired) electrons. The predicted molar refractivity (Wildman–Crippen MR) is 127 cm³/mol. The lowest BCUT2D eigenvalue weighted by atomic mass is 9.92. The molecule has 4 rings (SSSR count). The van der Waals surface area contributed by atoms with Gasteiger partial charge in [-0.3, -0.25) is 4.79 Å². The highest BCUT2D eigenvalue weighted by Gasteiger charge is 2.29. The molecule has 2 atom stereocenters. The van der Waals surface area contributed by atoms with Gasteiger partial charge in [-0.05, 0) is 42.8 Å². The van der Waals surface area contributed by atoms with Gasteiger partial charge in [0.05, 0.1) is 14.2 Å². The molecule has 4 N–H and O–H groups in total. The zero-order valence-corrected chi connectivity index (χ0v) is 20.6. The second kappa shape index (κ2) is 11.9. The first-order valence-electron chi connectivity index (χ1n) is 11.3. The number of carbonyl (C=O) groups excluding carboxylic acids is 1. The maximum atomic E-state index is 13.1. The third-order valence-corrected chi connectivity index (χ3v) is 5.99. The van der Waals surface area contributed by atoms with E-state index in [9.17, 15) is 14.4 Å². The summed E-state index contributed by atoms with van der Waals surface area (Å²) in [6, 6.07) is 7.58. The number of ether oxygens (including phenoxy) is 4. The van der Waals surface area contributed by atoms with E-state index in [0.717, 1.165) is 29.7 Å². The molecule has 0 amide bonds. The SMILES string of the molecule is COc1ccc2c(c1OC)CN(C)CCc1cc3c(cc1C(=O)C2)OCO3.O=C(O)C(O)C(O)C(=O)O. The van der Waals surface area contributed by atoms with E-state index in [1.165, 1.54) is 0 Å². The van der Waals surface area contributed by atoms with Crippen molar-refractivity contribution in [2.24, 2.45) is 0 Å². The molecule has 0 fully saturated rings. The van der Waals surface area contributed by atoms with Gasteiger partial charge in [0.1, 0.15) is 0 Å². The number of carboxylic acid groups (broad SMARTS) is 2. The average Bonchev–Trinajstić information content (AvgIpc) is 3.34. The number of hydrogen-bond donors (Lipinski definition) is 4. The van der Waals surface area contributed by atoms with Crippen LogP contribution < -0.4 is 18.9 Å². The van der Waals surface area contributed by atoms with Crippen LogP contribution in [-0.4, -0.2) is 89.9 Å². The van der Waals surface area contributed by atoms with Crippen LogP contribution >= 0.6 is 0 Å². The van der Waals surface area contributed by atoms with Gasteiger partial charge >= 0.3 is 11.9 Å². The van der Waals surface area contributed by atoms with Gasteiger partial charge in [-0.2, -0.15) is 0 Å². The molecule has 0 saturated carbocycles. The van der Waals surface area contributed by atoms with Crippen LogP contribution in [0.5, 0.6) is 23.0 Å². The number of nitrogens with zero attached hydrogens (tertiary/aromatic N) is 1. The fraction of sp³-hybridized carbons (Fsp3) is 0.400. The Bertz CT molecular complexity index is 1160. The zero-order chi connectivity index (χ0) is 27.3. The zero-order valence-electron chi connectivity index (χ0n) is 20.6. The molecule has 12 heteroatoms. The number of carbonyl (C=O) groups is 3. The quantitative estimate of drug-likeness (QED) is 0.437. The lowest BCUT2D eigenvalue weighted by Crippen LogP contribution is -2.39. The first-order valence-corrected chi connectivity index (χ1v) is 11.3. The Labute approximate surface area is 212 Å². The summed E-state index contributed by atoms with van der Waals surface area (Å²) in [7, 11) is 5.33. The Kier molecular flexibility index (Phi) is 8.92. The van der Waals surface area contributed by atoms with E-state index >= 15 is 0 Å². The molecule has 2 aromatic carbocycles. The van der Waals surface area contributed by atoms with E-state index in [-0.39, 0.29) is 12.6 Å². The average molecular weight is 520 g/mol. The largest absolute Gasteiger partial charge is 0.493 e. The van der Waals surface area contributed by atoms with Crippen molar-refractivity contribution in [3.63, 3.8) is 0 Å². The number of fused-ring (bicyclic) bond motifs is 3. The molecule has 2 heterocycles. The molecule has 2 unspecified atom stereocenters. The number of likely N-dealkylation sites (N-methyl/N-ethyl adjacent to an activating group) is 1. The number of ketones is 1. The minimum atomic E-state index is -2.27. The van der Waals surface area contributed by atoms with Gasteiger partial charge in [0.25, 0.3) is 0 Å². The molecule has 12 nitrogen and oxygen atoms in total. The lowest BCUT2D eigenvalue weighted by Gasteiger charge is -2.24. The second-order valence-electron chi connectivity index (χ2n) is 8.46. The van der Waals surface area contributed by atoms with Crippen LogP contribution in [0.1, 0.15) is 27.0 Å². The van der Waals surface area contributed by atoms with Crippen LogP contribution in [0.3, 0.4) is 0 Å². The van der Waals surface area contributed by atoms with Crippen molar-refractivity contribution in [3.8, 4) is 23.0 Å². The van der Waals surface area contributed by atoms with Gasteiger partial charge in [0.2, 0.25) is 6.79 Å². The van der Waals surface area contributed by atoms with Gasteiger partial charge in [0.15, 0.2) is 41.0 Å². The maximum absolute atomic E-state index is 13.1. The van der Waals surface area contributed by atoms with E-state index in [1.54, 1.807) is 14.2 Å². The summed E-state index contributed by atoms with van der Waals surface area (Å²) < 4.78 is 22.0. The summed E-state index contributed by atoms with van der Waals surface area (Å²) >= 11 is 0. The van der Waals surface area contributed by atoms with Crippen molar-refractivity contribution < 1.29 is 53.8 Å². The third-order valence-electron chi connectivity index (χ3n) is 5.99. The van der Waals surface area contributed by atoms with Crippen molar-refractivity contribution in [2.45, 2.75) is 31.6 Å². The number of aliphatic hydroxyl groups is 2. The van der Waals surface area contributed by atoms with E-state index in [4.69, 9.17) is 39.4 Å². The Morgan fingerprint density at radius 3 is 2.16 bits per heavy atom. The standard InChI is InChI=1S/C21H23NO5.C4H6O6/c1-22-7-6-14-9-19-20(27-12-26-19)10-15(14)17(23)8-13-4-5-18(24-2)21(25-3)16(13)11-22;5-1(3(7)8)2(6)4(9)10/h4-5,9-10H,6-8,11-12H2,1-3H3;1-2,5-6H,(H,7,8)(H,9,10). The number of hydrogen-bond acceptors (Lipinski definition) is 10. The molecule has 0 bridgehead atoms. The Balaban J connectivity index is 0.000000325. The third kappa shape index (κ3) is 6.28. The Morgan fingerprint density at radius 2 is 1.59 bits per heavy atom. The monoisotopic (exact) mass is 519 g/mol. The minimum Gasteiger partial charge on any atom is -0.493 e. The second-order valence-corrected chi connectivity index (χ2v) is 8.46. The van der Waals surface area contributed by atoms with Crippen LogP contribution in [0, 0.1) is 0 Å². The fourth-order valence-electron chi connectivity index (χ4n) is 4.02. The summed E-state index contributed by atoms with van der Waals surface area (Å²) in [5.74, 6) is -0.738. The van der Waals surface area contributed by atoms with E-state index in [2.05, 4.69) is 11.9 Å². The summed E-state index contributed by atoms with van der Waals surface area (Å²) in [6.45, 7) is 1.69. The summed E-state index contributed by atoms with van der Waals surface area (Å²) in [5, 5.41) is 32.5. The Morgan fingerprint density at radius 1 is 0.973 bits per heavy atom. The molecule has 0 aliphatic carbocycles. The van der Waals surface area contributed by atoms with Crippen LogP contribution in [-0.2, 0) is 29.0 Å². The summed E-state index contributed by atoms with van der Waals surface area (Å²) in [4.78, 5) is 34.9. The molecule has 2 aliphatic rings. The van der Waals surface area contributed by atoms with Gasteiger partial charge in [-0.25, -0.2) is 9.59 Å². The first kappa shape index (κ1) is 27.7. The number of methoxy groups -OCH3 is 2. The van der Waals surface area contributed by atoms with E-state index in [0.29, 0.717) is 41.5 Å². The van der Waals surface area contributed by atoms with Crippen molar-refractivity contribution in [1.29, 1.82) is 0 Å². The topological polar surface area (TPSA) is 172 Å². The Hall–Kier alpha value is -3.87. The van der Waals surface area contributed by atoms with Gasteiger partial charge in [0, 0.05) is 30.6 Å². The van der Waals surface area contributed by atoms with Gasteiger partial charge in [-0.1, -0.05) is 6.07 Å². The molecule has 0 saturated heterocycles. The van der Waals surface area contributed by atoms with Crippen LogP contribution in [0.25, 0.3) is 0 Å². The molecule has 0 aromatic heterocycles. The molecule has 200 valence electrons. The highest BCUT2D eigenvalue weighted by molar-refractivity contribution is 6.00. The fourth-order valence-corrected chi connectivity index (χ4v) is 4.02. The number of Topliss-reactive ketones (excluding diaryl/α,β-unsaturated/α-hetero) is 1. The number of benzene rings is 2. The van der Waals surface area contributed by atoms with Crippen molar-refractivity contribution in [1.82, 2.24) is 4.90 Å². The molecule has 0 spiro atoms. The molecule has 2 aromatic rings. The van der Waals surface area contributed by atoms with Gasteiger partial charge in [-0.15, -0.1) is 0 Å². The van der Waals surface area contributed by atoms with Crippen LogP contribution in [0.2, 0.25) is 0 Å². The van der Waals surface area contributed by atoms with Crippen LogP contribution in [0.15, 0.2) is 24.3 Å². The number of aliphatic carboxylic acids is 2. The van der Waals surface area contributed by atoms with Crippen LogP contribution in [0.4, 0.5) is 0 Å². The molecular formula is C25H29NO11. The predicted octanol–water partition coefficient (Wildman–Crippen LogP) is 0.723. The first-order chi connectivity index (χ1) is 17.6. The smallest absolute Gasteiger partial charge is 0.335 e.